The van der Waals surface area contributed by atoms with E-state index in [-0.39, 0.29) is 22.8 Å². The summed E-state index contributed by atoms with van der Waals surface area (Å²) < 4.78 is 5.50. The Hall–Kier alpha value is -2.18. The summed E-state index contributed by atoms with van der Waals surface area (Å²) >= 11 is 6.15. The predicted molar refractivity (Wildman–Crippen MR) is 92.0 cm³/mol. The van der Waals surface area contributed by atoms with Gasteiger partial charge >= 0.3 is 0 Å². The number of carbonyl (C=O) groups excluding carboxylic acids is 1. The minimum Gasteiger partial charge on any atom is -0.382 e. The summed E-state index contributed by atoms with van der Waals surface area (Å²) in [5, 5.41) is 3.63. The van der Waals surface area contributed by atoms with Gasteiger partial charge in [-0.3, -0.25) is 4.79 Å². The Labute approximate surface area is 145 Å². The van der Waals surface area contributed by atoms with E-state index in [0.717, 1.165) is 18.4 Å². The van der Waals surface area contributed by atoms with E-state index < -0.39 is 0 Å². The van der Waals surface area contributed by atoms with E-state index >= 15 is 0 Å². The van der Waals surface area contributed by atoms with Crippen LogP contribution in [-0.2, 0) is 10.2 Å². The predicted octanol–water partition coefficient (Wildman–Crippen LogP) is 2.19. The third-order valence-electron chi connectivity index (χ3n) is 4.42. The maximum Gasteiger partial charge on any atom is 0.273 e. The van der Waals surface area contributed by atoms with E-state index in [0.29, 0.717) is 24.8 Å². The molecule has 0 saturated carbocycles. The molecule has 3 rings (SSSR count). The van der Waals surface area contributed by atoms with Gasteiger partial charge in [0.25, 0.3) is 5.91 Å². The minimum absolute atomic E-state index is 0.124. The normalized spacial score (nSPS) is 16.5. The number of amides is 1. The quantitative estimate of drug-likeness (QED) is 0.885. The van der Waals surface area contributed by atoms with Crippen molar-refractivity contribution < 1.29 is 9.53 Å². The number of hydrogen-bond donors (Lipinski definition) is 2. The number of carbonyl (C=O) groups is 1. The molecule has 1 saturated heterocycles. The minimum atomic E-state index is -0.325. The Morgan fingerprint density at radius 2 is 2.04 bits per heavy atom. The molecule has 3 N–H and O–H groups in total. The van der Waals surface area contributed by atoms with Crippen molar-refractivity contribution in [3.8, 4) is 0 Å². The maximum absolute atomic E-state index is 12.4. The zero-order valence-corrected chi connectivity index (χ0v) is 13.9. The number of ether oxygens (including phenoxy) is 1. The fraction of sp³-hybridized carbons (Fsp3) is 0.353. The number of hydrogen-bond acceptors (Lipinski definition) is 5. The van der Waals surface area contributed by atoms with Crippen molar-refractivity contribution in [2.45, 2.75) is 18.3 Å². The number of halogens is 1. The van der Waals surface area contributed by atoms with Crippen LogP contribution < -0.4 is 11.1 Å². The first-order chi connectivity index (χ1) is 11.6. The van der Waals surface area contributed by atoms with Crippen LogP contribution in [0.2, 0.25) is 5.02 Å². The van der Waals surface area contributed by atoms with Crippen LogP contribution in [0.4, 0.5) is 5.82 Å². The second-order valence-electron chi connectivity index (χ2n) is 5.88. The molecule has 1 aromatic heterocycles. The van der Waals surface area contributed by atoms with Gasteiger partial charge in [-0.15, -0.1) is 0 Å². The van der Waals surface area contributed by atoms with Crippen LogP contribution in [-0.4, -0.2) is 35.6 Å². The highest BCUT2D eigenvalue weighted by molar-refractivity contribution is 6.30. The van der Waals surface area contributed by atoms with Crippen LogP contribution in [0.15, 0.2) is 36.7 Å². The second-order valence-corrected chi connectivity index (χ2v) is 6.31. The van der Waals surface area contributed by atoms with Crippen LogP contribution in [0.1, 0.15) is 28.9 Å². The maximum atomic E-state index is 12.4. The summed E-state index contributed by atoms with van der Waals surface area (Å²) in [6, 6.07) is 7.77. The van der Waals surface area contributed by atoms with Crippen LogP contribution in [0, 0.1) is 0 Å². The lowest BCUT2D eigenvalue weighted by Crippen LogP contribution is -2.44. The molecule has 2 heterocycles. The molecule has 126 valence electrons. The monoisotopic (exact) mass is 346 g/mol. The first kappa shape index (κ1) is 16.7. The molecule has 24 heavy (non-hydrogen) atoms. The molecule has 0 spiro atoms. The topological polar surface area (TPSA) is 90.1 Å². The van der Waals surface area contributed by atoms with Gasteiger partial charge in [0.15, 0.2) is 11.5 Å². The number of anilines is 1. The summed E-state index contributed by atoms with van der Waals surface area (Å²) in [5.41, 5.74) is 6.76. The third-order valence-corrected chi connectivity index (χ3v) is 4.65. The highest BCUT2D eigenvalue weighted by Crippen LogP contribution is 2.35. The molecule has 1 aliphatic heterocycles. The number of nitrogens with zero attached hydrogens (tertiary/aromatic N) is 2. The summed E-state index contributed by atoms with van der Waals surface area (Å²) in [6.45, 7) is 1.76. The number of rotatable bonds is 4. The van der Waals surface area contributed by atoms with Gasteiger partial charge in [0.05, 0.1) is 0 Å². The number of nitrogens with one attached hydrogen (secondary N) is 1. The van der Waals surface area contributed by atoms with E-state index in [9.17, 15) is 4.79 Å². The molecule has 0 atom stereocenters. The zero-order valence-electron chi connectivity index (χ0n) is 13.2. The van der Waals surface area contributed by atoms with Gasteiger partial charge < -0.3 is 15.8 Å². The van der Waals surface area contributed by atoms with Crippen molar-refractivity contribution in [2.24, 2.45) is 0 Å². The molecule has 1 amide bonds. The van der Waals surface area contributed by atoms with Gasteiger partial charge in [-0.05, 0) is 30.5 Å². The van der Waals surface area contributed by atoms with Crippen LogP contribution in [0.5, 0.6) is 0 Å². The molecular weight excluding hydrogens is 328 g/mol. The van der Waals surface area contributed by atoms with E-state index in [1.54, 1.807) is 0 Å². The van der Waals surface area contributed by atoms with Crippen molar-refractivity contribution in [3.63, 3.8) is 0 Å². The Balaban J connectivity index is 1.80. The van der Waals surface area contributed by atoms with Gasteiger partial charge in [-0.2, -0.15) is 0 Å². The standard InChI is InChI=1S/C17H19ClN4O2/c18-13-3-1-2-12(10-13)17(4-8-24-9-5-17)11-22-16(23)14-15(19)21-7-6-20-14/h1-3,6-7,10H,4-5,8-9,11H2,(H2,19,21)(H,22,23). The van der Waals surface area contributed by atoms with Crippen molar-refractivity contribution in [2.75, 3.05) is 25.5 Å². The molecule has 6 nitrogen and oxygen atoms in total. The van der Waals surface area contributed by atoms with Crippen molar-refractivity contribution in [1.82, 2.24) is 15.3 Å². The largest absolute Gasteiger partial charge is 0.382 e. The Kier molecular flexibility index (Phi) is 4.97. The van der Waals surface area contributed by atoms with E-state index in [4.69, 9.17) is 22.1 Å². The molecule has 2 aromatic rings. The van der Waals surface area contributed by atoms with E-state index in [1.807, 2.05) is 24.3 Å². The third kappa shape index (κ3) is 3.49. The van der Waals surface area contributed by atoms with Gasteiger partial charge in [0.1, 0.15) is 0 Å². The first-order valence-corrected chi connectivity index (χ1v) is 8.17. The van der Waals surface area contributed by atoms with Crippen LogP contribution in [0.3, 0.4) is 0 Å². The van der Waals surface area contributed by atoms with E-state index in [1.165, 1.54) is 12.4 Å². The first-order valence-electron chi connectivity index (χ1n) is 7.79. The number of nitrogen functional groups attached to an aromatic ring is 1. The summed E-state index contributed by atoms with van der Waals surface area (Å²) in [4.78, 5) is 20.3. The Bertz CT molecular complexity index is 732. The number of nitrogens with two attached hydrogens (primary N) is 1. The molecular formula is C17H19ClN4O2. The highest BCUT2D eigenvalue weighted by atomic mass is 35.5. The van der Waals surface area contributed by atoms with Crippen LogP contribution in [0.25, 0.3) is 0 Å². The summed E-state index contributed by atoms with van der Waals surface area (Å²) in [6.07, 6.45) is 4.53. The average Bonchev–Trinajstić information content (AvgIpc) is 2.61. The van der Waals surface area contributed by atoms with Crippen LogP contribution >= 0.6 is 11.6 Å². The molecule has 0 aliphatic carbocycles. The second kappa shape index (κ2) is 7.15. The average molecular weight is 347 g/mol. The van der Waals surface area contributed by atoms with Gasteiger partial charge in [-0.1, -0.05) is 23.7 Å². The van der Waals surface area contributed by atoms with E-state index in [2.05, 4.69) is 15.3 Å². The molecule has 1 fully saturated rings. The van der Waals surface area contributed by atoms with Crippen molar-refractivity contribution in [3.05, 3.63) is 52.9 Å². The van der Waals surface area contributed by atoms with Gasteiger partial charge in [-0.25, -0.2) is 9.97 Å². The summed E-state index contributed by atoms with van der Waals surface area (Å²) in [7, 11) is 0. The molecule has 0 unspecified atom stereocenters. The summed E-state index contributed by atoms with van der Waals surface area (Å²) in [5.74, 6) is -0.202. The lowest BCUT2D eigenvalue weighted by Gasteiger charge is -2.38. The zero-order chi connectivity index (χ0) is 17.0. The fourth-order valence-electron chi connectivity index (χ4n) is 3.00. The Morgan fingerprint density at radius 1 is 1.29 bits per heavy atom. The van der Waals surface area contributed by atoms with Crippen molar-refractivity contribution >= 4 is 23.3 Å². The molecule has 0 radical (unpaired) electrons. The van der Waals surface area contributed by atoms with Gasteiger partial charge in [0.2, 0.25) is 0 Å². The smallest absolute Gasteiger partial charge is 0.273 e. The Morgan fingerprint density at radius 3 is 2.75 bits per heavy atom. The molecule has 1 aromatic carbocycles. The van der Waals surface area contributed by atoms with Gasteiger partial charge in [0, 0.05) is 42.6 Å². The molecule has 7 heteroatoms. The lowest BCUT2D eigenvalue weighted by atomic mass is 9.74. The molecule has 1 aliphatic rings. The lowest BCUT2D eigenvalue weighted by molar-refractivity contribution is 0.0487. The molecule has 0 bridgehead atoms. The number of benzene rings is 1. The SMILES string of the molecule is Nc1nccnc1C(=O)NCC1(c2cccc(Cl)c2)CCOCC1. The number of aromatic nitrogens is 2. The highest BCUT2D eigenvalue weighted by Gasteiger charge is 2.35. The van der Waals surface area contributed by atoms with Crippen molar-refractivity contribution in [1.29, 1.82) is 0 Å². The fourth-order valence-corrected chi connectivity index (χ4v) is 3.20.